The molecule has 0 aromatic heterocycles. The maximum Gasteiger partial charge on any atom is 0.286 e. The summed E-state index contributed by atoms with van der Waals surface area (Å²) in [6, 6.07) is 22.7. The first-order valence-corrected chi connectivity index (χ1v) is 11.7. The molecule has 1 aliphatic rings. The van der Waals surface area contributed by atoms with Crippen molar-refractivity contribution in [2.24, 2.45) is 0 Å². The van der Waals surface area contributed by atoms with Gasteiger partial charge in [0.05, 0.1) is 5.25 Å². The van der Waals surface area contributed by atoms with E-state index in [2.05, 4.69) is 56.4 Å². The van der Waals surface area contributed by atoms with Gasteiger partial charge in [0, 0.05) is 0 Å². The minimum Gasteiger partial charge on any atom is -0.457 e. The van der Waals surface area contributed by atoms with Gasteiger partial charge in [-0.25, -0.2) is 0 Å². The first-order valence-electron chi connectivity index (χ1n) is 10.8. The van der Waals surface area contributed by atoms with Crippen molar-refractivity contribution in [1.82, 2.24) is 5.32 Å². The fourth-order valence-corrected chi connectivity index (χ4v) is 4.95. The number of nitrogens with one attached hydrogen (secondary N) is 1. The average molecular weight is 446 g/mol. The van der Waals surface area contributed by atoms with Crippen molar-refractivity contribution in [1.29, 1.82) is 0 Å². The van der Waals surface area contributed by atoms with Crippen LogP contribution < -0.4 is 10.1 Å². The molecule has 3 aromatic rings. The maximum atomic E-state index is 11.7. The Balaban J connectivity index is 1.35. The van der Waals surface area contributed by atoms with E-state index in [9.17, 15) is 9.59 Å². The van der Waals surface area contributed by atoms with Crippen molar-refractivity contribution in [3.8, 4) is 11.5 Å². The van der Waals surface area contributed by atoms with Crippen molar-refractivity contribution < 1.29 is 14.3 Å². The topological polar surface area (TPSA) is 55.4 Å². The number of ether oxygens (including phenoxy) is 1. The highest BCUT2D eigenvalue weighted by atomic mass is 32.2. The molecule has 2 atom stereocenters. The lowest BCUT2D eigenvalue weighted by molar-refractivity contribution is -0.118. The predicted molar refractivity (Wildman–Crippen MR) is 130 cm³/mol. The van der Waals surface area contributed by atoms with Crippen LogP contribution in [0.1, 0.15) is 40.7 Å². The summed E-state index contributed by atoms with van der Waals surface area (Å²) in [7, 11) is 0. The van der Waals surface area contributed by atoms with Gasteiger partial charge in [0.15, 0.2) is 0 Å². The zero-order valence-corrected chi connectivity index (χ0v) is 19.4. The summed E-state index contributed by atoms with van der Waals surface area (Å²) in [5.41, 5.74) is 6.26. The van der Waals surface area contributed by atoms with E-state index in [1.54, 1.807) is 0 Å². The third-order valence-electron chi connectivity index (χ3n) is 5.62. The fraction of sp³-hybridized carbons (Fsp3) is 0.259. The molecule has 3 aromatic carbocycles. The van der Waals surface area contributed by atoms with E-state index in [-0.39, 0.29) is 16.4 Å². The lowest BCUT2D eigenvalue weighted by atomic mass is 9.92. The summed E-state index contributed by atoms with van der Waals surface area (Å²) in [6.07, 6.45) is 1.53. The minimum absolute atomic E-state index is 0.216. The van der Waals surface area contributed by atoms with Gasteiger partial charge in [0.1, 0.15) is 11.5 Å². The van der Waals surface area contributed by atoms with Gasteiger partial charge in [-0.1, -0.05) is 72.3 Å². The third kappa shape index (κ3) is 5.60. The molecule has 0 saturated carbocycles. The van der Waals surface area contributed by atoms with Crippen molar-refractivity contribution in [3.63, 3.8) is 0 Å². The standard InChI is InChI=1S/C27H27NO3S/c1-17-12-18(2)14-21(13-17)15-19(3)22-6-10-24(11-7-22)31-23-8-4-20(5-9-23)16-25-26(29)28-27(30)32-25/h4-14,19,25H,15-16H2,1-3H3,(H,28,29,30). The molecule has 0 spiro atoms. The minimum atomic E-state index is -0.354. The van der Waals surface area contributed by atoms with Crippen molar-refractivity contribution in [3.05, 3.63) is 94.5 Å². The van der Waals surface area contributed by atoms with Gasteiger partial charge >= 0.3 is 0 Å². The SMILES string of the molecule is Cc1cc(C)cc(CC(C)c2ccc(Oc3ccc(CC4SC(=O)NC4=O)cc3)cc2)c1. The van der Waals surface area contributed by atoms with E-state index >= 15 is 0 Å². The van der Waals surface area contributed by atoms with Gasteiger partial charge in [-0.15, -0.1) is 0 Å². The van der Waals surface area contributed by atoms with Crippen LogP contribution in [0.3, 0.4) is 0 Å². The number of amides is 2. The monoisotopic (exact) mass is 445 g/mol. The number of aryl methyl sites for hydroxylation is 2. The molecule has 4 rings (SSSR count). The highest BCUT2D eigenvalue weighted by Crippen LogP contribution is 2.28. The normalized spacial score (nSPS) is 16.7. The van der Waals surface area contributed by atoms with Crippen LogP contribution in [0, 0.1) is 13.8 Å². The van der Waals surface area contributed by atoms with Crippen LogP contribution in [-0.4, -0.2) is 16.4 Å². The Bertz CT molecular complexity index is 1100. The number of carbonyl (C=O) groups is 2. The average Bonchev–Trinajstić information content (AvgIpc) is 3.06. The van der Waals surface area contributed by atoms with E-state index in [0.717, 1.165) is 35.2 Å². The van der Waals surface area contributed by atoms with Crippen LogP contribution in [-0.2, 0) is 17.6 Å². The Kier molecular flexibility index (Phi) is 6.66. The number of benzene rings is 3. The fourth-order valence-electron chi connectivity index (χ4n) is 4.09. The molecular weight excluding hydrogens is 418 g/mol. The van der Waals surface area contributed by atoms with E-state index in [1.165, 1.54) is 22.3 Å². The third-order valence-corrected chi connectivity index (χ3v) is 6.60. The summed E-state index contributed by atoms with van der Waals surface area (Å²) in [5.74, 6) is 1.73. The Labute approximate surface area is 193 Å². The zero-order valence-electron chi connectivity index (χ0n) is 18.6. The Morgan fingerprint density at radius 3 is 2.03 bits per heavy atom. The Morgan fingerprint density at radius 1 is 0.875 bits per heavy atom. The molecule has 0 bridgehead atoms. The van der Waals surface area contributed by atoms with Crippen LogP contribution in [0.25, 0.3) is 0 Å². The highest BCUT2D eigenvalue weighted by Gasteiger charge is 2.31. The van der Waals surface area contributed by atoms with Gasteiger partial charge in [-0.05, 0) is 73.6 Å². The summed E-state index contributed by atoms with van der Waals surface area (Å²) in [5, 5.41) is 1.70. The molecule has 1 heterocycles. The predicted octanol–water partition coefficient (Wildman–Crippen LogP) is 6.34. The Morgan fingerprint density at radius 2 is 1.47 bits per heavy atom. The van der Waals surface area contributed by atoms with Gasteiger partial charge in [0.25, 0.3) is 5.24 Å². The van der Waals surface area contributed by atoms with Crippen LogP contribution in [0.2, 0.25) is 0 Å². The molecule has 4 nitrogen and oxygen atoms in total. The van der Waals surface area contributed by atoms with Gasteiger partial charge in [0.2, 0.25) is 5.91 Å². The molecule has 32 heavy (non-hydrogen) atoms. The lowest BCUT2D eigenvalue weighted by Crippen LogP contribution is -2.25. The van der Waals surface area contributed by atoms with Crippen molar-refractivity contribution >= 4 is 22.9 Å². The molecule has 0 aliphatic carbocycles. The number of thioether (sulfide) groups is 1. The molecule has 0 radical (unpaired) electrons. The molecule has 1 N–H and O–H groups in total. The maximum absolute atomic E-state index is 11.7. The van der Waals surface area contributed by atoms with Gasteiger partial charge < -0.3 is 4.74 Å². The molecule has 2 unspecified atom stereocenters. The first-order chi connectivity index (χ1) is 15.4. The molecule has 1 aliphatic heterocycles. The quantitative estimate of drug-likeness (QED) is 0.461. The number of rotatable bonds is 7. The van der Waals surface area contributed by atoms with Crippen molar-refractivity contribution in [2.45, 2.75) is 44.8 Å². The second-order valence-electron chi connectivity index (χ2n) is 8.50. The molecule has 1 saturated heterocycles. The molecule has 164 valence electrons. The Hall–Kier alpha value is -3.05. The molecule has 5 heteroatoms. The number of imide groups is 1. The van der Waals surface area contributed by atoms with E-state index in [0.29, 0.717) is 12.3 Å². The lowest BCUT2D eigenvalue weighted by Gasteiger charge is -2.14. The van der Waals surface area contributed by atoms with E-state index < -0.39 is 0 Å². The number of carbonyl (C=O) groups excluding carboxylic acids is 2. The summed E-state index contributed by atoms with van der Waals surface area (Å²) in [4.78, 5) is 23.0. The molecular formula is C27H27NO3S. The van der Waals surface area contributed by atoms with Crippen LogP contribution in [0.5, 0.6) is 11.5 Å². The number of hydrogen-bond acceptors (Lipinski definition) is 4. The molecule has 1 fully saturated rings. The van der Waals surface area contributed by atoms with Gasteiger partial charge in [-0.2, -0.15) is 0 Å². The summed E-state index contributed by atoms with van der Waals surface area (Å²) < 4.78 is 5.99. The first kappa shape index (κ1) is 22.2. The summed E-state index contributed by atoms with van der Waals surface area (Å²) >= 11 is 1.05. The van der Waals surface area contributed by atoms with E-state index in [4.69, 9.17) is 4.74 Å². The van der Waals surface area contributed by atoms with E-state index in [1.807, 2.05) is 36.4 Å². The van der Waals surface area contributed by atoms with Gasteiger partial charge in [-0.3, -0.25) is 14.9 Å². The zero-order chi connectivity index (χ0) is 22.7. The number of hydrogen-bond donors (Lipinski definition) is 1. The largest absolute Gasteiger partial charge is 0.457 e. The van der Waals surface area contributed by atoms with Crippen LogP contribution in [0.4, 0.5) is 4.79 Å². The second-order valence-corrected chi connectivity index (χ2v) is 9.68. The van der Waals surface area contributed by atoms with Crippen molar-refractivity contribution in [2.75, 3.05) is 0 Å². The smallest absolute Gasteiger partial charge is 0.286 e. The second kappa shape index (κ2) is 9.61. The highest BCUT2D eigenvalue weighted by molar-refractivity contribution is 8.15. The summed E-state index contributed by atoms with van der Waals surface area (Å²) in [6.45, 7) is 6.54. The van der Waals surface area contributed by atoms with Crippen LogP contribution >= 0.6 is 11.8 Å². The molecule has 2 amide bonds. The van der Waals surface area contributed by atoms with Crippen LogP contribution in [0.15, 0.2) is 66.7 Å².